The Kier molecular flexibility index (Phi) is 8.19. The van der Waals surface area contributed by atoms with Gasteiger partial charge in [0.25, 0.3) is 0 Å². The van der Waals surface area contributed by atoms with Gasteiger partial charge in [-0.25, -0.2) is 0 Å². The van der Waals surface area contributed by atoms with E-state index in [1.54, 1.807) is 0 Å². The van der Waals surface area contributed by atoms with Crippen LogP contribution in [0.25, 0.3) is 82.4 Å². The molecule has 0 fully saturated rings. The van der Waals surface area contributed by atoms with Gasteiger partial charge in [0.1, 0.15) is 0 Å². The summed E-state index contributed by atoms with van der Waals surface area (Å²) in [5.74, 6) is 0. The molecule has 58 heavy (non-hydrogen) atoms. The van der Waals surface area contributed by atoms with Crippen molar-refractivity contribution in [2.45, 2.75) is 0 Å². The fourth-order valence-corrected chi connectivity index (χ4v) is 8.94. The van der Waals surface area contributed by atoms with Gasteiger partial charge in [-0.3, -0.25) is 0 Å². The summed E-state index contributed by atoms with van der Waals surface area (Å²) in [5.41, 5.74) is 13.9. The first-order chi connectivity index (χ1) is 28.8. The zero-order valence-electron chi connectivity index (χ0n) is 31.8. The van der Waals surface area contributed by atoms with Crippen LogP contribution in [0.5, 0.6) is 0 Å². The molecule has 1 aromatic heterocycles. The molecule has 0 aliphatic heterocycles. The highest BCUT2D eigenvalue weighted by molar-refractivity contribution is 6.17. The van der Waals surface area contributed by atoms with Gasteiger partial charge in [-0.2, -0.15) is 0 Å². The van der Waals surface area contributed by atoms with Crippen LogP contribution in [0.3, 0.4) is 0 Å². The van der Waals surface area contributed by atoms with Gasteiger partial charge in [-0.1, -0.05) is 176 Å². The van der Waals surface area contributed by atoms with Crippen molar-refractivity contribution in [3.8, 4) is 39.1 Å². The van der Waals surface area contributed by atoms with E-state index in [9.17, 15) is 0 Å². The molecule has 2 nitrogen and oxygen atoms in total. The highest BCUT2D eigenvalue weighted by atomic mass is 15.1. The van der Waals surface area contributed by atoms with Crippen LogP contribution in [0.1, 0.15) is 0 Å². The molecule has 0 saturated heterocycles. The molecular weight excluding hydrogens is 701 g/mol. The summed E-state index contributed by atoms with van der Waals surface area (Å²) in [5, 5.41) is 7.41. The number of nitrogens with zero attached hydrogens (tertiary/aromatic N) is 2. The molecule has 2 heteroatoms. The molecule has 272 valence electrons. The molecule has 0 radical (unpaired) electrons. The molecule has 0 atom stereocenters. The predicted octanol–water partition coefficient (Wildman–Crippen LogP) is 15.6. The topological polar surface area (TPSA) is 8.17 Å². The predicted molar refractivity (Wildman–Crippen MR) is 247 cm³/mol. The van der Waals surface area contributed by atoms with Gasteiger partial charge >= 0.3 is 0 Å². The molecule has 0 amide bonds. The van der Waals surface area contributed by atoms with Crippen LogP contribution in [0.15, 0.2) is 231 Å². The Bertz CT molecular complexity index is 3250. The Balaban J connectivity index is 1.22. The Labute approximate surface area is 338 Å². The summed E-state index contributed by atoms with van der Waals surface area (Å²) < 4.78 is 2.40. The molecule has 0 N–H and O–H groups in total. The lowest BCUT2D eigenvalue weighted by Gasteiger charge is -2.30. The minimum absolute atomic E-state index is 1.08. The zero-order valence-corrected chi connectivity index (χ0v) is 31.8. The molecule has 0 saturated carbocycles. The number of hydrogen-bond acceptors (Lipinski definition) is 1. The Morgan fingerprint density at radius 1 is 0.310 bits per heavy atom. The molecule has 0 bridgehead atoms. The molecular formula is C56H38N2. The van der Waals surface area contributed by atoms with Gasteiger partial charge in [-0.15, -0.1) is 0 Å². The average Bonchev–Trinajstić information content (AvgIpc) is 3.63. The van der Waals surface area contributed by atoms with Crippen molar-refractivity contribution in [3.05, 3.63) is 231 Å². The largest absolute Gasteiger partial charge is 0.310 e. The summed E-state index contributed by atoms with van der Waals surface area (Å²) in [6, 6.07) is 83.8. The second kappa shape index (κ2) is 14.1. The number of anilines is 3. The van der Waals surface area contributed by atoms with E-state index in [1.807, 2.05) is 0 Å². The van der Waals surface area contributed by atoms with E-state index in [-0.39, 0.29) is 0 Å². The molecule has 0 unspecified atom stereocenters. The van der Waals surface area contributed by atoms with E-state index >= 15 is 0 Å². The number of fused-ring (bicyclic) bond motifs is 6. The number of benzene rings is 10. The maximum absolute atomic E-state index is 2.45. The lowest BCUT2D eigenvalue weighted by molar-refractivity contribution is 1.18. The Morgan fingerprint density at radius 2 is 0.897 bits per heavy atom. The SMILES string of the molecule is c1ccc(-c2ccc(-c3cccc(N(c4ccccc4)c4ccc5c6ccccc6n(-c6ccccc6)c5c4)c3-c3cc4ccccc4c4ccccc34)cc2)cc1. The van der Waals surface area contributed by atoms with Crippen molar-refractivity contribution >= 4 is 60.4 Å². The van der Waals surface area contributed by atoms with Crippen LogP contribution >= 0.6 is 0 Å². The van der Waals surface area contributed by atoms with E-state index in [0.717, 1.165) is 28.3 Å². The van der Waals surface area contributed by atoms with Gasteiger partial charge in [0.05, 0.1) is 16.7 Å². The van der Waals surface area contributed by atoms with Crippen LogP contribution in [-0.2, 0) is 0 Å². The fourth-order valence-electron chi connectivity index (χ4n) is 8.94. The smallest absolute Gasteiger partial charge is 0.0561 e. The maximum Gasteiger partial charge on any atom is 0.0561 e. The van der Waals surface area contributed by atoms with Gasteiger partial charge in [0.2, 0.25) is 0 Å². The average molecular weight is 739 g/mol. The second-order valence-corrected chi connectivity index (χ2v) is 14.9. The number of para-hydroxylation sites is 3. The highest BCUT2D eigenvalue weighted by Gasteiger charge is 2.24. The normalized spacial score (nSPS) is 11.4. The van der Waals surface area contributed by atoms with Crippen molar-refractivity contribution in [1.82, 2.24) is 4.57 Å². The zero-order chi connectivity index (χ0) is 38.4. The van der Waals surface area contributed by atoms with Gasteiger partial charge < -0.3 is 9.47 Å². The first-order valence-corrected chi connectivity index (χ1v) is 19.9. The Hall–Kier alpha value is -7.68. The van der Waals surface area contributed by atoms with E-state index in [2.05, 4.69) is 240 Å². The maximum atomic E-state index is 2.45. The minimum atomic E-state index is 1.08. The molecule has 11 rings (SSSR count). The van der Waals surface area contributed by atoms with Gasteiger partial charge in [0.15, 0.2) is 0 Å². The monoisotopic (exact) mass is 738 g/mol. The second-order valence-electron chi connectivity index (χ2n) is 14.9. The third-order valence-corrected chi connectivity index (χ3v) is 11.6. The minimum Gasteiger partial charge on any atom is -0.310 e. The van der Waals surface area contributed by atoms with Crippen LogP contribution in [0, 0.1) is 0 Å². The van der Waals surface area contributed by atoms with Gasteiger partial charge in [-0.05, 0) is 104 Å². The van der Waals surface area contributed by atoms with Crippen molar-refractivity contribution in [2.24, 2.45) is 0 Å². The Morgan fingerprint density at radius 3 is 1.67 bits per heavy atom. The molecule has 0 spiro atoms. The van der Waals surface area contributed by atoms with Crippen molar-refractivity contribution in [1.29, 1.82) is 0 Å². The van der Waals surface area contributed by atoms with Crippen LogP contribution < -0.4 is 4.90 Å². The van der Waals surface area contributed by atoms with Crippen molar-refractivity contribution < 1.29 is 0 Å². The first kappa shape index (κ1) is 33.6. The van der Waals surface area contributed by atoms with Gasteiger partial charge in [0, 0.05) is 33.4 Å². The summed E-state index contributed by atoms with van der Waals surface area (Å²) in [6.45, 7) is 0. The van der Waals surface area contributed by atoms with E-state index in [1.165, 1.54) is 71.2 Å². The van der Waals surface area contributed by atoms with E-state index in [4.69, 9.17) is 0 Å². The third-order valence-electron chi connectivity index (χ3n) is 11.6. The van der Waals surface area contributed by atoms with Crippen LogP contribution in [-0.4, -0.2) is 4.57 Å². The fraction of sp³-hybridized carbons (Fsp3) is 0. The van der Waals surface area contributed by atoms with Crippen LogP contribution in [0.4, 0.5) is 17.1 Å². The number of hydrogen-bond donors (Lipinski definition) is 0. The number of aromatic nitrogens is 1. The number of rotatable bonds is 7. The van der Waals surface area contributed by atoms with Crippen LogP contribution in [0.2, 0.25) is 0 Å². The lowest BCUT2D eigenvalue weighted by atomic mass is 9.87. The summed E-state index contributed by atoms with van der Waals surface area (Å²) >= 11 is 0. The quantitative estimate of drug-likeness (QED) is 0.148. The molecule has 1 heterocycles. The molecule has 0 aliphatic carbocycles. The third kappa shape index (κ3) is 5.66. The van der Waals surface area contributed by atoms with E-state index in [0.29, 0.717) is 0 Å². The summed E-state index contributed by atoms with van der Waals surface area (Å²) in [4.78, 5) is 2.45. The standard InChI is InChI=1S/C56H38N2/c1-4-17-39(18-5-1)40-31-33-41(34-32-40)47-28-16-30-54(56(47)52-37-42-19-10-11-24-46(42)48-25-12-13-26-49(48)52)57(43-20-6-2-7-21-43)45-35-36-51-50-27-14-15-29-53(50)58(55(51)38-45)44-22-8-3-9-23-44/h1-38H. The summed E-state index contributed by atoms with van der Waals surface area (Å²) in [7, 11) is 0. The molecule has 10 aromatic carbocycles. The van der Waals surface area contributed by atoms with Crippen molar-refractivity contribution in [2.75, 3.05) is 4.90 Å². The highest BCUT2D eigenvalue weighted by Crippen LogP contribution is 2.49. The van der Waals surface area contributed by atoms with Crippen molar-refractivity contribution in [3.63, 3.8) is 0 Å². The lowest BCUT2D eigenvalue weighted by Crippen LogP contribution is -2.12. The van der Waals surface area contributed by atoms with E-state index < -0.39 is 0 Å². The molecule has 0 aliphatic rings. The first-order valence-electron chi connectivity index (χ1n) is 19.9. The molecule has 11 aromatic rings. The summed E-state index contributed by atoms with van der Waals surface area (Å²) in [6.07, 6.45) is 0.